The topological polar surface area (TPSA) is 64.1 Å². The number of alkyl halides is 3. The number of nitrogen functional groups attached to an aromatic ring is 2. The molecule has 0 aliphatic carbocycles. The standard InChI is InChI=1S/C13H10ClF4N3/c14-10-8(19)5-9(20)12(11(10)15)21-7-3-1-6(2-4-7)13(16,17)18/h1-5,21H,19-20H2. The molecule has 5 N–H and O–H groups in total. The molecular weight excluding hydrogens is 310 g/mol. The van der Waals surface area contributed by atoms with Gasteiger partial charge in [0.1, 0.15) is 5.02 Å². The lowest BCUT2D eigenvalue weighted by molar-refractivity contribution is -0.137. The normalized spacial score (nSPS) is 11.5. The van der Waals surface area contributed by atoms with Crippen molar-refractivity contribution in [3.8, 4) is 0 Å². The van der Waals surface area contributed by atoms with Crippen molar-refractivity contribution in [2.75, 3.05) is 16.8 Å². The lowest BCUT2D eigenvalue weighted by atomic mass is 10.2. The highest BCUT2D eigenvalue weighted by Crippen LogP contribution is 2.36. The first-order valence-electron chi connectivity index (χ1n) is 5.67. The largest absolute Gasteiger partial charge is 0.416 e. The summed E-state index contributed by atoms with van der Waals surface area (Å²) >= 11 is 5.66. The monoisotopic (exact) mass is 319 g/mol. The minimum absolute atomic E-state index is 0.00528. The number of hydrogen-bond acceptors (Lipinski definition) is 3. The summed E-state index contributed by atoms with van der Waals surface area (Å²) < 4.78 is 51.3. The van der Waals surface area contributed by atoms with Gasteiger partial charge >= 0.3 is 6.18 Å². The summed E-state index contributed by atoms with van der Waals surface area (Å²) in [6, 6.07) is 5.32. The number of nitrogens with one attached hydrogen (secondary N) is 1. The van der Waals surface area contributed by atoms with Gasteiger partial charge in [-0.15, -0.1) is 0 Å². The molecule has 3 nitrogen and oxygen atoms in total. The number of halogens is 5. The fourth-order valence-electron chi connectivity index (χ4n) is 1.68. The third-order valence-corrected chi connectivity index (χ3v) is 3.13. The molecule has 0 aromatic heterocycles. The van der Waals surface area contributed by atoms with Gasteiger partial charge in [0.05, 0.1) is 22.6 Å². The van der Waals surface area contributed by atoms with Gasteiger partial charge < -0.3 is 16.8 Å². The van der Waals surface area contributed by atoms with Crippen molar-refractivity contribution in [2.24, 2.45) is 0 Å². The molecule has 0 saturated heterocycles. The summed E-state index contributed by atoms with van der Waals surface area (Å²) in [7, 11) is 0. The molecule has 2 aromatic carbocycles. The smallest absolute Gasteiger partial charge is 0.397 e. The maximum Gasteiger partial charge on any atom is 0.416 e. The van der Waals surface area contributed by atoms with Crippen LogP contribution in [0, 0.1) is 5.82 Å². The van der Waals surface area contributed by atoms with E-state index in [9.17, 15) is 17.6 Å². The molecule has 21 heavy (non-hydrogen) atoms. The predicted molar refractivity (Wildman–Crippen MR) is 75.0 cm³/mol. The van der Waals surface area contributed by atoms with Gasteiger partial charge in [-0.3, -0.25) is 0 Å². The zero-order chi connectivity index (χ0) is 15.8. The molecule has 0 amide bonds. The van der Waals surface area contributed by atoms with Crippen LogP contribution < -0.4 is 16.8 Å². The number of hydrogen-bond donors (Lipinski definition) is 3. The molecule has 0 saturated carbocycles. The second-order valence-electron chi connectivity index (χ2n) is 4.26. The molecule has 0 unspecified atom stereocenters. The van der Waals surface area contributed by atoms with Gasteiger partial charge in [-0.2, -0.15) is 13.2 Å². The van der Waals surface area contributed by atoms with Crippen LogP contribution >= 0.6 is 11.6 Å². The molecule has 8 heteroatoms. The Morgan fingerprint density at radius 1 is 1.00 bits per heavy atom. The summed E-state index contributed by atoms with van der Waals surface area (Å²) in [5.41, 5.74) is 10.3. The van der Waals surface area contributed by atoms with Crippen LogP contribution in [0.25, 0.3) is 0 Å². The van der Waals surface area contributed by atoms with Crippen LogP contribution in [-0.2, 0) is 6.18 Å². The summed E-state index contributed by atoms with van der Waals surface area (Å²) in [5, 5.41) is 2.27. The first-order chi connectivity index (χ1) is 9.70. The van der Waals surface area contributed by atoms with Crippen LogP contribution in [0.2, 0.25) is 5.02 Å². The Balaban J connectivity index is 2.33. The first-order valence-corrected chi connectivity index (χ1v) is 6.05. The van der Waals surface area contributed by atoms with Crippen molar-refractivity contribution >= 4 is 34.4 Å². The van der Waals surface area contributed by atoms with Crippen LogP contribution in [0.15, 0.2) is 30.3 Å². The molecule has 0 heterocycles. The quantitative estimate of drug-likeness (QED) is 0.567. The van der Waals surface area contributed by atoms with Gasteiger partial charge in [-0.1, -0.05) is 11.6 Å². The van der Waals surface area contributed by atoms with Crippen LogP contribution in [-0.4, -0.2) is 0 Å². The highest BCUT2D eigenvalue weighted by atomic mass is 35.5. The highest BCUT2D eigenvalue weighted by Gasteiger charge is 2.30. The Kier molecular flexibility index (Phi) is 3.87. The third-order valence-electron chi connectivity index (χ3n) is 2.75. The number of nitrogens with two attached hydrogens (primary N) is 2. The Morgan fingerprint density at radius 3 is 2.10 bits per heavy atom. The first kappa shape index (κ1) is 15.2. The zero-order valence-corrected chi connectivity index (χ0v) is 11.2. The SMILES string of the molecule is Nc1cc(N)c(Nc2ccc(C(F)(F)F)cc2)c(F)c1Cl. The summed E-state index contributed by atoms with van der Waals surface area (Å²) in [4.78, 5) is 0. The van der Waals surface area contributed by atoms with Gasteiger partial charge in [0.15, 0.2) is 5.82 Å². The van der Waals surface area contributed by atoms with E-state index in [0.29, 0.717) is 0 Å². The predicted octanol–water partition coefficient (Wildman–Crippen LogP) is 4.41. The maximum absolute atomic E-state index is 13.9. The Bertz CT molecular complexity index is 669. The van der Waals surface area contributed by atoms with Crippen molar-refractivity contribution in [3.05, 3.63) is 46.7 Å². The number of benzene rings is 2. The second-order valence-corrected chi connectivity index (χ2v) is 4.64. The molecule has 0 atom stereocenters. The van der Waals surface area contributed by atoms with Crippen LogP contribution in [0.1, 0.15) is 5.56 Å². The van der Waals surface area contributed by atoms with Crippen molar-refractivity contribution in [1.29, 1.82) is 0 Å². The van der Waals surface area contributed by atoms with Gasteiger partial charge in [-0.05, 0) is 30.3 Å². The maximum atomic E-state index is 13.9. The molecule has 112 valence electrons. The van der Waals surface area contributed by atoms with E-state index in [4.69, 9.17) is 23.1 Å². The molecule has 0 aliphatic heterocycles. The molecular formula is C13H10ClF4N3. The Hall–Kier alpha value is -2.15. The zero-order valence-electron chi connectivity index (χ0n) is 10.4. The van der Waals surface area contributed by atoms with E-state index in [1.165, 1.54) is 6.07 Å². The molecule has 0 aliphatic rings. The molecule has 2 rings (SSSR count). The van der Waals surface area contributed by atoms with Crippen molar-refractivity contribution in [3.63, 3.8) is 0 Å². The third kappa shape index (κ3) is 3.13. The van der Waals surface area contributed by atoms with E-state index >= 15 is 0 Å². The molecule has 2 aromatic rings. The van der Waals surface area contributed by atoms with E-state index in [0.717, 1.165) is 24.3 Å². The van der Waals surface area contributed by atoms with E-state index in [1.807, 2.05) is 0 Å². The average molecular weight is 320 g/mol. The highest BCUT2D eigenvalue weighted by molar-refractivity contribution is 6.33. The molecule has 0 fully saturated rings. The fourth-order valence-corrected chi connectivity index (χ4v) is 1.83. The van der Waals surface area contributed by atoms with Crippen molar-refractivity contribution < 1.29 is 17.6 Å². The van der Waals surface area contributed by atoms with Crippen molar-refractivity contribution in [1.82, 2.24) is 0 Å². The molecule has 0 bridgehead atoms. The van der Waals surface area contributed by atoms with Crippen molar-refractivity contribution in [2.45, 2.75) is 6.18 Å². The number of anilines is 4. The van der Waals surface area contributed by atoms with Crippen LogP contribution in [0.5, 0.6) is 0 Å². The number of rotatable bonds is 2. The summed E-state index contributed by atoms with van der Waals surface area (Å²) in [6.45, 7) is 0. The lowest BCUT2D eigenvalue weighted by Gasteiger charge is -2.14. The minimum atomic E-state index is -4.44. The second kappa shape index (κ2) is 5.33. The molecule has 0 spiro atoms. The van der Waals surface area contributed by atoms with Gasteiger partial charge in [0, 0.05) is 5.69 Å². The average Bonchev–Trinajstić information content (AvgIpc) is 2.41. The van der Waals surface area contributed by atoms with E-state index in [-0.39, 0.29) is 27.8 Å². The summed E-state index contributed by atoms with van der Waals surface area (Å²) in [6.07, 6.45) is -4.44. The van der Waals surface area contributed by atoms with Gasteiger partial charge in [-0.25, -0.2) is 4.39 Å². The fraction of sp³-hybridized carbons (Fsp3) is 0.0769. The van der Waals surface area contributed by atoms with E-state index < -0.39 is 17.6 Å². The minimum Gasteiger partial charge on any atom is -0.397 e. The van der Waals surface area contributed by atoms with Gasteiger partial charge in [0.25, 0.3) is 0 Å². The van der Waals surface area contributed by atoms with E-state index in [1.54, 1.807) is 0 Å². The van der Waals surface area contributed by atoms with Gasteiger partial charge in [0.2, 0.25) is 0 Å². The Morgan fingerprint density at radius 2 is 1.57 bits per heavy atom. The molecule has 0 radical (unpaired) electrons. The Labute approximate surface area is 122 Å². The summed E-state index contributed by atoms with van der Waals surface area (Å²) in [5.74, 6) is -0.867. The van der Waals surface area contributed by atoms with E-state index in [2.05, 4.69) is 5.32 Å². The van der Waals surface area contributed by atoms with Crippen LogP contribution in [0.4, 0.5) is 40.3 Å². The lowest BCUT2D eigenvalue weighted by Crippen LogP contribution is -2.05. The van der Waals surface area contributed by atoms with Crippen LogP contribution in [0.3, 0.4) is 0 Å².